The minimum absolute atomic E-state index is 0.0651. The molecule has 5 nitrogen and oxygen atoms in total. The van der Waals surface area contributed by atoms with Crippen LogP contribution in [0.15, 0.2) is 6.33 Å². The molecule has 0 aromatic carbocycles. The molecule has 1 aromatic rings. The van der Waals surface area contributed by atoms with Crippen LogP contribution in [0.1, 0.15) is 18.9 Å². The average Bonchev–Trinajstić information content (AvgIpc) is 2.59. The first kappa shape index (κ1) is 10.6. The molecule has 2 unspecified atom stereocenters. The summed E-state index contributed by atoms with van der Waals surface area (Å²) < 4.78 is 5.65. The molecule has 6 heteroatoms. The molecule has 0 amide bonds. The second-order valence-corrected chi connectivity index (χ2v) is 3.98. The number of ether oxygens (including phenoxy) is 1. The van der Waals surface area contributed by atoms with Crippen molar-refractivity contribution in [3.8, 4) is 5.88 Å². The highest BCUT2D eigenvalue weighted by molar-refractivity contribution is 6.30. The highest BCUT2D eigenvalue weighted by atomic mass is 35.5. The zero-order valence-electron chi connectivity index (χ0n) is 8.62. The lowest BCUT2D eigenvalue weighted by Crippen LogP contribution is -2.35. The van der Waals surface area contributed by atoms with E-state index >= 15 is 0 Å². The first-order valence-electron chi connectivity index (χ1n) is 4.81. The summed E-state index contributed by atoms with van der Waals surface area (Å²) in [6.45, 7) is 3.92. The predicted octanol–water partition coefficient (Wildman–Crippen LogP) is 1.03. The fourth-order valence-corrected chi connectivity index (χ4v) is 1.54. The number of nitrogens with zero attached hydrogens (tertiary/aromatic N) is 2. The molecule has 0 radical (unpaired) electrons. The lowest BCUT2D eigenvalue weighted by atomic mass is 10.2. The molecule has 82 valence electrons. The number of hydrogen-bond donors (Lipinski definition) is 2. The van der Waals surface area contributed by atoms with Crippen molar-refractivity contribution in [3.05, 3.63) is 17.0 Å². The molecule has 0 saturated carbocycles. The van der Waals surface area contributed by atoms with Gasteiger partial charge < -0.3 is 4.74 Å². The molecule has 1 aliphatic heterocycles. The van der Waals surface area contributed by atoms with Crippen molar-refractivity contribution in [2.24, 2.45) is 0 Å². The lowest BCUT2D eigenvalue weighted by molar-refractivity contribution is 0.170. The summed E-state index contributed by atoms with van der Waals surface area (Å²) in [5, 5.41) is 0.430. The van der Waals surface area contributed by atoms with Crippen molar-refractivity contribution in [2.75, 3.05) is 0 Å². The van der Waals surface area contributed by atoms with Gasteiger partial charge in [0.2, 0.25) is 5.88 Å². The van der Waals surface area contributed by atoms with E-state index in [4.69, 9.17) is 16.3 Å². The van der Waals surface area contributed by atoms with E-state index in [0.29, 0.717) is 17.1 Å². The van der Waals surface area contributed by atoms with Crippen LogP contribution in [0.2, 0.25) is 5.15 Å². The van der Waals surface area contributed by atoms with Gasteiger partial charge in [-0.25, -0.2) is 15.4 Å². The summed E-state index contributed by atoms with van der Waals surface area (Å²) in [7, 11) is 0. The number of halogens is 1. The van der Waals surface area contributed by atoms with Crippen molar-refractivity contribution >= 4 is 11.6 Å². The first-order chi connectivity index (χ1) is 7.16. The van der Waals surface area contributed by atoms with Crippen molar-refractivity contribution in [1.82, 2.24) is 20.8 Å². The molecular weight excluding hydrogens is 216 g/mol. The summed E-state index contributed by atoms with van der Waals surface area (Å²) in [4.78, 5) is 7.91. The van der Waals surface area contributed by atoms with Gasteiger partial charge in [-0.15, -0.1) is 0 Å². The van der Waals surface area contributed by atoms with Crippen molar-refractivity contribution in [3.63, 3.8) is 0 Å². The summed E-state index contributed by atoms with van der Waals surface area (Å²) in [6.07, 6.45) is 2.22. The number of aromatic nitrogens is 2. The van der Waals surface area contributed by atoms with Gasteiger partial charge in [-0.05, 0) is 13.8 Å². The van der Waals surface area contributed by atoms with Gasteiger partial charge in [0.25, 0.3) is 0 Å². The van der Waals surface area contributed by atoms with Crippen LogP contribution in [0.3, 0.4) is 0 Å². The maximum atomic E-state index is 5.86. The van der Waals surface area contributed by atoms with E-state index in [9.17, 15) is 0 Å². The van der Waals surface area contributed by atoms with E-state index in [1.165, 1.54) is 6.33 Å². The summed E-state index contributed by atoms with van der Waals surface area (Å²) in [5.41, 5.74) is 6.86. The maximum absolute atomic E-state index is 5.86. The zero-order valence-corrected chi connectivity index (χ0v) is 9.38. The third-order valence-electron chi connectivity index (χ3n) is 2.29. The van der Waals surface area contributed by atoms with Crippen molar-refractivity contribution in [2.45, 2.75) is 32.5 Å². The Bertz CT molecular complexity index is 360. The quantitative estimate of drug-likeness (QED) is 0.741. The Morgan fingerprint density at radius 1 is 1.47 bits per heavy atom. The minimum atomic E-state index is -0.0651. The number of rotatable bonds is 2. The van der Waals surface area contributed by atoms with Crippen LogP contribution in [-0.4, -0.2) is 22.2 Å². The average molecular weight is 229 g/mol. The second-order valence-electron chi connectivity index (χ2n) is 3.63. The molecule has 2 rings (SSSR count). The van der Waals surface area contributed by atoms with Gasteiger partial charge in [-0.1, -0.05) is 11.6 Å². The smallest absolute Gasteiger partial charge is 0.222 e. The highest BCUT2D eigenvalue weighted by Crippen LogP contribution is 2.21. The second kappa shape index (κ2) is 4.30. The molecule has 1 fully saturated rings. The normalized spacial score (nSPS) is 25.5. The summed E-state index contributed by atoms with van der Waals surface area (Å²) in [5.74, 6) is 0.531. The van der Waals surface area contributed by atoms with Crippen molar-refractivity contribution < 1.29 is 4.74 Å². The van der Waals surface area contributed by atoms with Gasteiger partial charge in [0.15, 0.2) is 6.23 Å². The number of nitrogens with one attached hydrogen (secondary N) is 2. The van der Waals surface area contributed by atoms with Crippen LogP contribution < -0.4 is 15.6 Å². The van der Waals surface area contributed by atoms with Crippen LogP contribution in [-0.2, 0) is 0 Å². The van der Waals surface area contributed by atoms with Crippen LogP contribution in [0.5, 0.6) is 5.88 Å². The molecular formula is C9H13ClN4O. The third kappa shape index (κ3) is 2.37. The maximum Gasteiger partial charge on any atom is 0.222 e. The van der Waals surface area contributed by atoms with Crippen LogP contribution in [0, 0.1) is 6.92 Å². The van der Waals surface area contributed by atoms with Crippen LogP contribution in [0.4, 0.5) is 0 Å². The molecule has 0 spiro atoms. The van der Waals surface area contributed by atoms with E-state index in [2.05, 4.69) is 27.7 Å². The molecule has 0 aliphatic carbocycles. The largest absolute Gasteiger partial charge is 0.457 e. The van der Waals surface area contributed by atoms with Crippen LogP contribution in [0.25, 0.3) is 0 Å². The fraction of sp³-hybridized carbons (Fsp3) is 0.556. The van der Waals surface area contributed by atoms with Gasteiger partial charge in [0.05, 0.1) is 0 Å². The topological polar surface area (TPSA) is 59.1 Å². The van der Waals surface area contributed by atoms with Crippen molar-refractivity contribution in [1.29, 1.82) is 0 Å². The molecule has 1 aliphatic rings. The Kier molecular flexibility index (Phi) is 3.04. The van der Waals surface area contributed by atoms with E-state index in [-0.39, 0.29) is 6.23 Å². The van der Waals surface area contributed by atoms with E-state index in [1.807, 2.05) is 6.92 Å². The lowest BCUT2D eigenvalue weighted by Gasteiger charge is -2.13. The SMILES string of the molecule is Cc1c(Cl)ncnc1OC1CC(C)NN1. The Morgan fingerprint density at radius 3 is 2.93 bits per heavy atom. The molecule has 2 atom stereocenters. The molecule has 15 heavy (non-hydrogen) atoms. The molecule has 1 aromatic heterocycles. The molecule has 2 heterocycles. The number of hydrazine groups is 1. The van der Waals surface area contributed by atoms with Gasteiger partial charge >= 0.3 is 0 Å². The van der Waals surface area contributed by atoms with Gasteiger partial charge in [-0.2, -0.15) is 0 Å². The van der Waals surface area contributed by atoms with E-state index in [1.54, 1.807) is 0 Å². The predicted molar refractivity (Wildman–Crippen MR) is 56.5 cm³/mol. The highest BCUT2D eigenvalue weighted by Gasteiger charge is 2.22. The summed E-state index contributed by atoms with van der Waals surface area (Å²) in [6, 6.07) is 0.396. The van der Waals surface area contributed by atoms with Gasteiger partial charge in [-0.3, -0.25) is 5.43 Å². The number of hydrogen-bond acceptors (Lipinski definition) is 5. The monoisotopic (exact) mass is 228 g/mol. The van der Waals surface area contributed by atoms with Gasteiger partial charge in [0, 0.05) is 18.0 Å². The molecule has 2 N–H and O–H groups in total. The standard InChI is InChI=1S/C9H13ClN4O/c1-5-3-7(14-13-5)15-9-6(2)8(10)11-4-12-9/h4-5,7,13-14H,3H2,1-2H3. The minimum Gasteiger partial charge on any atom is -0.457 e. The van der Waals surface area contributed by atoms with E-state index < -0.39 is 0 Å². The Morgan fingerprint density at radius 2 is 2.27 bits per heavy atom. The molecule has 0 bridgehead atoms. The third-order valence-corrected chi connectivity index (χ3v) is 2.67. The zero-order chi connectivity index (χ0) is 10.8. The first-order valence-corrected chi connectivity index (χ1v) is 5.19. The fourth-order valence-electron chi connectivity index (χ4n) is 1.42. The Balaban J connectivity index is 2.07. The van der Waals surface area contributed by atoms with Gasteiger partial charge in [0.1, 0.15) is 11.5 Å². The Labute approximate surface area is 93.2 Å². The Hall–Kier alpha value is -0.910. The van der Waals surface area contributed by atoms with E-state index in [0.717, 1.165) is 12.0 Å². The van der Waals surface area contributed by atoms with Crippen LogP contribution >= 0.6 is 11.6 Å². The molecule has 1 saturated heterocycles. The summed E-state index contributed by atoms with van der Waals surface area (Å²) >= 11 is 5.86.